The second-order valence-electron chi connectivity index (χ2n) is 4.86. The Morgan fingerprint density at radius 3 is 2.38 bits per heavy atom. The normalized spacial score (nSPS) is 10.2. The molecule has 0 saturated heterocycles. The summed E-state index contributed by atoms with van der Waals surface area (Å²) in [4.78, 5) is 26.9. The Morgan fingerprint density at radius 1 is 1.08 bits per heavy atom. The van der Waals surface area contributed by atoms with Gasteiger partial charge in [0, 0.05) is 15.1 Å². The molecule has 0 aliphatic heterocycles. The molecule has 0 radical (unpaired) electrons. The third kappa shape index (κ3) is 5.69. The van der Waals surface area contributed by atoms with Crippen LogP contribution < -0.4 is 4.90 Å². The molecule has 0 N–H and O–H groups in total. The summed E-state index contributed by atoms with van der Waals surface area (Å²) in [6.45, 7) is 1.96. The number of hydrogen-bond acceptors (Lipinski definition) is 4. The third-order valence-corrected chi connectivity index (χ3v) is 4.66. The number of carbonyl (C=O) groups is 2. The van der Waals surface area contributed by atoms with Crippen molar-refractivity contribution in [2.75, 3.05) is 23.8 Å². The molecule has 0 atom stereocenters. The minimum absolute atomic E-state index is 0.0857. The van der Waals surface area contributed by atoms with Gasteiger partial charge in [-0.05, 0) is 43.3 Å². The number of amides is 1. The Hall–Kier alpha value is -1.79. The summed E-state index contributed by atoms with van der Waals surface area (Å²) in [6.07, 6.45) is 0. The summed E-state index contributed by atoms with van der Waals surface area (Å²) in [7, 11) is 0. The van der Waals surface area contributed by atoms with E-state index >= 15 is 0 Å². The predicted molar refractivity (Wildman–Crippen MR) is 100 cm³/mol. The lowest BCUT2D eigenvalue weighted by atomic mass is 10.3. The van der Waals surface area contributed by atoms with Crippen molar-refractivity contribution < 1.29 is 14.3 Å². The van der Waals surface area contributed by atoms with E-state index in [4.69, 9.17) is 4.74 Å². The fourth-order valence-corrected chi connectivity index (χ4v) is 3.06. The molecular formula is C18H18BrNO3S. The molecule has 0 saturated carbocycles. The number of thioether (sulfide) groups is 1. The maximum absolute atomic E-state index is 12.6. The fourth-order valence-electron chi connectivity index (χ4n) is 2.02. The zero-order valence-electron chi connectivity index (χ0n) is 13.3. The molecule has 0 bridgehead atoms. The van der Waals surface area contributed by atoms with Crippen molar-refractivity contribution in [3.8, 4) is 0 Å². The number of carbonyl (C=O) groups excluding carboxylic acids is 2. The van der Waals surface area contributed by atoms with Gasteiger partial charge >= 0.3 is 5.97 Å². The number of esters is 1. The van der Waals surface area contributed by atoms with Gasteiger partial charge in [-0.1, -0.05) is 34.1 Å². The smallest absolute Gasteiger partial charge is 0.326 e. The molecule has 0 aromatic heterocycles. The van der Waals surface area contributed by atoms with E-state index in [1.54, 1.807) is 19.1 Å². The molecule has 6 heteroatoms. The summed E-state index contributed by atoms with van der Waals surface area (Å²) in [6, 6.07) is 16.9. The highest BCUT2D eigenvalue weighted by atomic mass is 79.9. The molecule has 0 fully saturated rings. The fraction of sp³-hybridized carbons (Fsp3) is 0.222. The molecular weight excluding hydrogens is 390 g/mol. The molecule has 24 heavy (non-hydrogen) atoms. The van der Waals surface area contributed by atoms with Gasteiger partial charge in [0.25, 0.3) is 0 Å². The Bertz CT molecular complexity index is 676. The van der Waals surface area contributed by atoms with Gasteiger partial charge in [-0.3, -0.25) is 9.59 Å². The van der Waals surface area contributed by atoms with Crippen molar-refractivity contribution in [1.82, 2.24) is 0 Å². The van der Waals surface area contributed by atoms with Gasteiger partial charge in [0.2, 0.25) is 5.91 Å². The number of para-hydroxylation sites is 1. The van der Waals surface area contributed by atoms with E-state index in [2.05, 4.69) is 15.9 Å². The Morgan fingerprint density at radius 2 is 1.75 bits per heavy atom. The van der Waals surface area contributed by atoms with Gasteiger partial charge in [-0.25, -0.2) is 0 Å². The summed E-state index contributed by atoms with van der Waals surface area (Å²) >= 11 is 4.82. The molecule has 1 amide bonds. The molecule has 2 rings (SSSR count). The van der Waals surface area contributed by atoms with Crippen LogP contribution in [0.15, 0.2) is 64.0 Å². The number of hydrogen-bond donors (Lipinski definition) is 0. The number of anilines is 1. The lowest BCUT2D eigenvalue weighted by Gasteiger charge is -2.21. The van der Waals surface area contributed by atoms with E-state index in [0.717, 1.165) is 9.37 Å². The van der Waals surface area contributed by atoms with Crippen LogP contribution in [0.25, 0.3) is 0 Å². The molecule has 2 aromatic carbocycles. The van der Waals surface area contributed by atoms with Crippen LogP contribution in [0.3, 0.4) is 0 Å². The number of rotatable bonds is 7. The van der Waals surface area contributed by atoms with Crippen molar-refractivity contribution in [2.45, 2.75) is 11.8 Å². The summed E-state index contributed by atoms with van der Waals surface area (Å²) in [5.74, 6) is -0.304. The van der Waals surface area contributed by atoms with E-state index in [9.17, 15) is 9.59 Å². The average Bonchev–Trinajstić information content (AvgIpc) is 2.60. The third-order valence-electron chi connectivity index (χ3n) is 3.14. The van der Waals surface area contributed by atoms with Crippen LogP contribution in [-0.2, 0) is 14.3 Å². The van der Waals surface area contributed by atoms with E-state index < -0.39 is 5.97 Å². The topological polar surface area (TPSA) is 46.6 Å². The molecule has 126 valence electrons. The second kappa shape index (κ2) is 9.49. The van der Waals surface area contributed by atoms with E-state index in [1.165, 1.54) is 16.7 Å². The SMILES string of the molecule is CCOC(=O)CN(C(=O)CSc1ccc(Br)cc1)c1ccccc1. The maximum Gasteiger partial charge on any atom is 0.326 e. The van der Waals surface area contributed by atoms with Crippen molar-refractivity contribution in [1.29, 1.82) is 0 Å². The summed E-state index contributed by atoms with van der Waals surface area (Å²) < 4.78 is 5.97. The van der Waals surface area contributed by atoms with Crippen LogP contribution in [0.1, 0.15) is 6.92 Å². The summed E-state index contributed by atoms with van der Waals surface area (Å²) in [5.41, 5.74) is 0.687. The first-order chi connectivity index (χ1) is 11.6. The first-order valence-corrected chi connectivity index (χ1v) is 9.27. The van der Waals surface area contributed by atoms with Gasteiger partial charge < -0.3 is 9.64 Å². The average molecular weight is 408 g/mol. The van der Waals surface area contributed by atoms with Crippen LogP contribution in [-0.4, -0.2) is 30.8 Å². The van der Waals surface area contributed by atoms with Gasteiger partial charge in [-0.15, -0.1) is 11.8 Å². The van der Waals surface area contributed by atoms with Crippen LogP contribution >= 0.6 is 27.7 Å². The zero-order chi connectivity index (χ0) is 17.4. The molecule has 0 heterocycles. The van der Waals surface area contributed by atoms with Crippen molar-refractivity contribution in [3.05, 3.63) is 59.1 Å². The highest BCUT2D eigenvalue weighted by Crippen LogP contribution is 2.22. The van der Waals surface area contributed by atoms with Gasteiger partial charge in [0.05, 0.1) is 12.4 Å². The Kier molecular flexibility index (Phi) is 7.34. The molecule has 4 nitrogen and oxygen atoms in total. The predicted octanol–water partition coefficient (Wildman–Crippen LogP) is 4.14. The standard InChI is InChI=1S/C18H18BrNO3S/c1-2-23-18(22)12-20(15-6-4-3-5-7-15)17(21)13-24-16-10-8-14(19)9-11-16/h3-11H,2,12-13H2,1H3. The molecule has 2 aromatic rings. The minimum atomic E-state index is -0.414. The zero-order valence-corrected chi connectivity index (χ0v) is 15.7. The van der Waals surface area contributed by atoms with Gasteiger partial charge in [0.1, 0.15) is 6.54 Å². The van der Waals surface area contributed by atoms with Crippen LogP contribution in [0.2, 0.25) is 0 Å². The monoisotopic (exact) mass is 407 g/mol. The van der Waals surface area contributed by atoms with Crippen LogP contribution in [0.4, 0.5) is 5.69 Å². The number of halogens is 1. The highest BCUT2D eigenvalue weighted by molar-refractivity contribution is 9.10. The maximum atomic E-state index is 12.6. The van der Waals surface area contributed by atoms with Crippen LogP contribution in [0, 0.1) is 0 Å². The lowest BCUT2D eigenvalue weighted by Crippen LogP contribution is -2.37. The second-order valence-corrected chi connectivity index (χ2v) is 6.83. The molecule has 0 aliphatic rings. The lowest BCUT2D eigenvalue weighted by molar-refractivity contribution is -0.142. The van der Waals surface area contributed by atoms with Crippen molar-refractivity contribution in [2.24, 2.45) is 0 Å². The van der Waals surface area contributed by atoms with Gasteiger partial charge in [-0.2, -0.15) is 0 Å². The first kappa shape index (κ1) is 18.5. The number of ether oxygens (including phenoxy) is 1. The minimum Gasteiger partial charge on any atom is -0.465 e. The number of benzene rings is 2. The van der Waals surface area contributed by atoms with Crippen LogP contribution in [0.5, 0.6) is 0 Å². The van der Waals surface area contributed by atoms with Crippen molar-refractivity contribution in [3.63, 3.8) is 0 Å². The van der Waals surface area contributed by atoms with Crippen molar-refractivity contribution >= 4 is 45.3 Å². The van der Waals surface area contributed by atoms with Gasteiger partial charge in [0.15, 0.2) is 0 Å². The molecule has 0 spiro atoms. The van der Waals surface area contributed by atoms with E-state index in [0.29, 0.717) is 12.3 Å². The quantitative estimate of drug-likeness (QED) is 0.511. The Labute approximate surface area is 154 Å². The molecule has 0 unspecified atom stereocenters. The first-order valence-electron chi connectivity index (χ1n) is 7.49. The number of nitrogens with zero attached hydrogens (tertiary/aromatic N) is 1. The Balaban J connectivity index is 2.06. The van der Waals surface area contributed by atoms with E-state index in [-0.39, 0.29) is 18.2 Å². The summed E-state index contributed by atoms with van der Waals surface area (Å²) in [5, 5.41) is 0. The molecule has 0 aliphatic carbocycles. The van der Waals surface area contributed by atoms with E-state index in [1.807, 2.05) is 42.5 Å². The highest BCUT2D eigenvalue weighted by Gasteiger charge is 2.19. The largest absolute Gasteiger partial charge is 0.465 e.